The lowest BCUT2D eigenvalue weighted by Gasteiger charge is -2.56. The Morgan fingerprint density at radius 3 is 1.54 bits per heavy atom. The van der Waals surface area contributed by atoms with E-state index in [1.807, 2.05) is 0 Å². The molecular weight excluding hydrogens is 569 g/mol. The lowest BCUT2D eigenvalue weighted by Crippen LogP contribution is -2.81. The standard InChI is InChI=1S/C24H56O7Si6/c1-22(2)24(26)28-19-17-21-37(35(12,13)29-32(4,5)6,36(14,15)30-33(7,8)9)31-34(10,11)20-16-18-23(25)27-3/h1,16-21H2,2-15H3. The van der Waals surface area contributed by atoms with Crippen LogP contribution in [-0.2, 0) is 31.4 Å². The maximum atomic E-state index is 12.1. The Morgan fingerprint density at radius 2 is 1.16 bits per heavy atom. The van der Waals surface area contributed by atoms with Gasteiger partial charge in [0, 0.05) is 12.0 Å². The molecule has 0 rings (SSSR count). The maximum absolute atomic E-state index is 12.1. The molecule has 37 heavy (non-hydrogen) atoms. The number of methoxy groups -OCH3 is 1. The summed E-state index contributed by atoms with van der Waals surface area (Å²) < 4.78 is 32.2. The van der Waals surface area contributed by atoms with E-state index in [2.05, 4.69) is 85.1 Å². The summed E-state index contributed by atoms with van der Waals surface area (Å²) in [5.41, 5.74) is 0.410. The van der Waals surface area contributed by atoms with E-state index >= 15 is 0 Å². The zero-order valence-electron chi connectivity index (χ0n) is 26.3. The Morgan fingerprint density at radius 1 is 0.703 bits per heavy atom. The van der Waals surface area contributed by atoms with E-state index in [1.54, 1.807) is 6.92 Å². The molecule has 0 radical (unpaired) electrons. The van der Waals surface area contributed by atoms with Crippen LogP contribution in [-0.4, -0.2) is 73.6 Å². The molecule has 0 aromatic heterocycles. The van der Waals surface area contributed by atoms with Crippen molar-refractivity contribution in [1.29, 1.82) is 0 Å². The molecule has 0 bridgehead atoms. The molecular formula is C24H56O7Si6. The first-order chi connectivity index (χ1) is 16.4. The monoisotopic (exact) mass is 624 g/mol. The van der Waals surface area contributed by atoms with Crippen LogP contribution in [0.4, 0.5) is 0 Å². The van der Waals surface area contributed by atoms with Gasteiger partial charge in [0.25, 0.3) is 0 Å². The van der Waals surface area contributed by atoms with Crippen molar-refractivity contribution in [2.24, 2.45) is 0 Å². The number of carbonyl (C=O) groups excluding carboxylic acids is 2. The van der Waals surface area contributed by atoms with Crippen molar-refractivity contribution in [3.05, 3.63) is 12.2 Å². The SMILES string of the molecule is C=C(C)C(=O)OCCC[Si](O[Si](C)(C)CCCC(=O)OC)([Si](C)(C)O[Si](C)(C)C)[Si](C)(C)O[Si](C)(C)C. The van der Waals surface area contributed by atoms with Crippen molar-refractivity contribution in [3.63, 3.8) is 0 Å². The summed E-state index contributed by atoms with van der Waals surface area (Å²) in [6.45, 7) is 33.1. The van der Waals surface area contributed by atoms with Gasteiger partial charge < -0.3 is 21.8 Å². The fourth-order valence-electron chi connectivity index (χ4n) is 5.21. The first-order valence-electron chi connectivity index (χ1n) is 13.4. The fourth-order valence-corrected chi connectivity index (χ4v) is 72.4. The molecule has 0 heterocycles. The van der Waals surface area contributed by atoms with E-state index in [4.69, 9.17) is 21.8 Å². The lowest BCUT2D eigenvalue weighted by atomic mass is 10.3. The second-order valence-electron chi connectivity index (χ2n) is 13.6. The van der Waals surface area contributed by atoms with Crippen LogP contribution < -0.4 is 0 Å². The molecule has 0 atom stereocenters. The molecule has 0 aromatic carbocycles. The molecule has 218 valence electrons. The molecule has 0 aliphatic carbocycles. The van der Waals surface area contributed by atoms with Crippen LogP contribution in [0.5, 0.6) is 0 Å². The van der Waals surface area contributed by atoms with Crippen LogP contribution in [0.2, 0.25) is 90.7 Å². The van der Waals surface area contributed by atoms with Crippen LogP contribution in [0.15, 0.2) is 12.2 Å². The number of esters is 2. The smallest absolute Gasteiger partial charge is 0.333 e. The molecule has 0 amide bonds. The molecule has 0 aromatic rings. The summed E-state index contributed by atoms with van der Waals surface area (Å²) in [6, 6.07) is 1.72. The van der Waals surface area contributed by atoms with Crippen molar-refractivity contribution in [2.75, 3.05) is 13.7 Å². The van der Waals surface area contributed by atoms with Gasteiger partial charge in [-0.25, -0.2) is 4.79 Å². The summed E-state index contributed by atoms with van der Waals surface area (Å²) in [6.07, 6.45) is 1.87. The zero-order chi connectivity index (χ0) is 29.5. The maximum Gasteiger partial charge on any atom is 0.333 e. The third kappa shape index (κ3) is 12.7. The van der Waals surface area contributed by atoms with Crippen LogP contribution >= 0.6 is 0 Å². The van der Waals surface area contributed by atoms with Gasteiger partial charge in [-0.2, -0.15) is 0 Å². The first kappa shape index (κ1) is 36.9. The minimum absolute atomic E-state index is 0.179. The summed E-state index contributed by atoms with van der Waals surface area (Å²) in [4.78, 5) is 23.9. The van der Waals surface area contributed by atoms with E-state index in [0.717, 1.165) is 24.9 Å². The Balaban J connectivity index is 6.58. The first-order valence-corrected chi connectivity index (χ1v) is 33.3. The molecule has 7 nitrogen and oxygen atoms in total. The van der Waals surface area contributed by atoms with Crippen LogP contribution in [0.25, 0.3) is 0 Å². The summed E-state index contributed by atoms with van der Waals surface area (Å²) >= 11 is 0. The van der Waals surface area contributed by atoms with Gasteiger partial charge in [0.05, 0.1) is 13.7 Å². The van der Waals surface area contributed by atoms with Gasteiger partial charge in [-0.15, -0.1) is 0 Å². The average Bonchev–Trinajstić information content (AvgIpc) is 2.65. The largest absolute Gasteiger partial charge is 0.469 e. The van der Waals surface area contributed by atoms with Crippen molar-refractivity contribution in [3.8, 4) is 0 Å². The second kappa shape index (κ2) is 14.0. The number of ether oxygens (including phenoxy) is 2. The zero-order valence-corrected chi connectivity index (χ0v) is 32.3. The Hall–Kier alpha value is -0.139. The quantitative estimate of drug-likeness (QED) is 0.0755. The molecule has 0 aliphatic rings. The predicted octanol–water partition coefficient (Wildman–Crippen LogP) is 6.89. The normalized spacial score (nSPS) is 13.9. The van der Waals surface area contributed by atoms with Crippen molar-refractivity contribution in [2.45, 2.75) is 117 Å². The Labute approximate surface area is 233 Å². The molecule has 13 heteroatoms. The van der Waals surface area contributed by atoms with Gasteiger partial charge >= 0.3 is 11.9 Å². The molecule has 0 spiro atoms. The highest BCUT2D eigenvalue weighted by Crippen LogP contribution is 2.41. The van der Waals surface area contributed by atoms with E-state index in [9.17, 15) is 9.59 Å². The average molecular weight is 625 g/mol. The fraction of sp³-hybridized carbons (Fsp3) is 0.833. The number of hydrogen-bond acceptors (Lipinski definition) is 7. The Bertz CT molecular complexity index is 757. The second-order valence-corrected chi connectivity index (χ2v) is 50.3. The predicted molar refractivity (Wildman–Crippen MR) is 169 cm³/mol. The number of carbonyl (C=O) groups is 2. The highest BCUT2D eigenvalue weighted by Gasteiger charge is 2.66. The Kier molecular flexibility index (Phi) is 13.9. The van der Waals surface area contributed by atoms with Gasteiger partial charge in [-0.05, 0) is 110 Å². The minimum Gasteiger partial charge on any atom is -0.469 e. The third-order valence-corrected chi connectivity index (χ3v) is 52.9. The molecule has 0 aliphatic heterocycles. The van der Waals surface area contributed by atoms with Crippen LogP contribution in [0.3, 0.4) is 0 Å². The summed E-state index contributed by atoms with van der Waals surface area (Å²) in [5.74, 6) is -0.531. The van der Waals surface area contributed by atoms with Gasteiger partial charge in [0.2, 0.25) is 7.35 Å². The van der Waals surface area contributed by atoms with E-state index in [1.165, 1.54) is 7.11 Å². The number of hydrogen-bond donors (Lipinski definition) is 0. The molecule has 0 fully saturated rings. The highest BCUT2D eigenvalue weighted by atomic mass is 29.7. The highest BCUT2D eigenvalue weighted by molar-refractivity contribution is 7.66. The minimum atomic E-state index is -2.66. The van der Waals surface area contributed by atoms with Crippen molar-refractivity contribution >= 4 is 59.9 Å². The molecule has 0 unspecified atom stereocenters. The van der Waals surface area contributed by atoms with E-state index in [-0.39, 0.29) is 11.9 Å². The van der Waals surface area contributed by atoms with Crippen molar-refractivity contribution < 1.29 is 31.4 Å². The third-order valence-electron chi connectivity index (χ3n) is 6.16. The van der Waals surface area contributed by atoms with Gasteiger partial charge in [-0.3, -0.25) is 4.79 Å². The van der Waals surface area contributed by atoms with E-state index in [0.29, 0.717) is 18.6 Å². The molecule has 0 N–H and O–H groups in total. The number of rotatable bonds is 17. The topological polar surface area (TPSA) is 80.3 Å². The van der Waals surface area contributed by atoms with E-state index < -0.39 is 48.0 Å². The van der Waals surface area contributed by atoms with Gasteiger partial charge in [0.1, 0.15) is 0 Å². The lowest BCUT2D eigenvalue weighted by molar-refractivity contribution is -0.141. The summed E-state index contributed by atoms with van der Waals surface area (Å²) in [7, 11) is -12.0. The molecule has 0 saturated heterocycles. The summed E-state index contributed by atoms with van der Waals surface area (Å²) in [5, 5.41) is 0. The van der Waals surface area contributed by atoms with Crippen LogP contribution in [0.1, 0.15) is 26.2 Å². The van der Waals surface area contributed by atoms with Crippen LogP contribution in [0, 0.1) is 0 Å². The molecule has 0 saturated carbocycles. The van der Waals surface area contributed by atoms with Gasteiger partial charge in [0.15, 0.2) is 40.6 Å². The van der Waals surface area contributed by atoms with Gasteiger partial charge in [-0.1, -0.05) is 6.58 Å². The van der Waals surface area contributed by atoms with Crippen molar-refractivity contribution in [1.82, 2.24) is 0 Å².